The quantitative estimate of drug-likeness (QED) is 0.449. The molecule has 0 amide bonds. The first-order chi connectivity index (χ1) is 14.0. The molecular formula is C25H36O4. The average molecular weight is 401 g/mol. The van der Waals surface area contributed by atoms with E-state index in [2.05, 4.69) is 12.2 Å². The summed E-state index contributed by atoms with van der Waals surface area (Å²) in [6.45, 7) is 2.04. The number of allylic oxidation sites excluding steroid dienone is 2. The van der Waals surface area contributed by atoms with Gasteiger partial charge in [0.25, 0.3) is 0 Å². The number of carboxylic acid groups (broad SMARTS) is 1. The molecule has 2 atom stereocenters. The molecule has 1 N–H and O–H groups in total. The fourth-order valence-corrected chi connectivity index (χ4v) is 5.62. The molecule has 29 heavy (non-hydrogen) atoms. The van der Waals surface area contributed by atoms with Crippen molar-refractivity contribution in [3.8, 4) is 11.5 Å². The largest absolute Gasteiger partial charge is 0.497 e. The van der Waals surface area contributed by atoms with Crippen molar-refractivity contribution >= 4 is 5.97 Å². The van der Waals surface area contributed by atoms with Gasteiger partial charge in [-0.15, -0.1) is 0 Å². The number of aliphatic carboxylic acids is 1. The van der Waals surface area contributed by atoms with Crippen molar-refractivity contribution in [3.63, 3.8) is 0 Å². The number of ether oxygens (including phenoxy) is 2. The lowest BCUT2D eigenvalue weighted by Crippen LogP contribution is -2.22. The summed E-state index contributed by atoms with van der Waals surface area (Å²) in [4.78, 5) is 12.1. The zero-order valence-electron chi connectivity index (χ0n) is 18.2. The zero-order chi connectivity index (χ0) is 20.9. The van der Waals surface area contributed by atoms with Crippen LogP contribution in [0, 0.1) is 17.3 Å². The molecule has 1 aromatic rings. The van der Waals surface area contributed by atoms with E-state index in [9.17, 15) is 9.90 Å². The van der Waals surface area contributed by atoms with Crippen molar-refractivity contribution < 1.29 is 19.4 Å². The van der Waals surface area contributed by atoms with Crippen molar-refractivity contribution in [2.75, 3.05) is 14.2 Å². The van der Waals surface area contributed by atoms with Gasteiger partial charge >= 0.3 is 5.97 Å². The van der Waals surface area contributed by atoms with Crippen LogP contribution >= 0.6 is 0 Å². The van der Waals surface area contributed by atoms with Crippen LogP contribution in [0.2, 0.25) is 0 Å². The van der Waals surface area contributed by atoms with E-state index in [-0.39, 0.29) is 5.92 Å². The standard InChI is InChI=1S/C25H36O4/c1-4-7-21(24(26)27)20(22-16-19(28-2)9-10-23(22)29-3)8-5-6-13-25-14-11-18(17-25)12-15-25/h5-6,9-10,16,18,20-21H,4,7-8,11-15,17H2,1-3H3,(H,26,27). The third-order valence-corrected chi connectivity index (χ3v) is 7.23. The fraction of sp³-hybridized carbons (Fsp3) is 0.640. The molecule has 0 radical (unpaired) electrons. The first kappa shape index (κ1) is 21.7. The van der Waals surface area contributed by atoms with Crippen LogP contribution in [0.25, 0.3) is 0 Å². The van der Waals surface area contributed by atoms with E-state index in [0.717, 1.165) is 35.8 Å². The van der Waals surface area contributed by atoms with Gasteiger partial charge in [0.05, 0.1) is 20.1 Å². The number of benzene rings is 1. The highest BCUT2D eigenvalue weighted by molar-refractivity contribution is 5.72. The second kappa shape index (κ2) is 9.69. The monoisotopic (exact) mass is 400 g/mol. The van der Waals surface area contributed by atoms with Crippen molar-refractivity contribution in [3.05, 3.63) is 35.9 Å². The lowest BCUT2D eigenvalue weighted by atomic mass is 9.79. The van der Waals surface area contributed by atoms with Crippen molar-refractivity contribution in [2.24, 2.45) is 17.3 Å². The molecule has 0 aliphatic heterocycles. The van der Waals surface area contributed by atoms with Crippen LogP contribution in [-0.2, 0) is 4.79 Å². The summed E-state index contributed by atoms with van der Waals surface area (Å²) >= 11 is 0. The number of rotatable bonds is 11. The van der Waals surface area contributed by atoms with Gasteiger partial charge in [-0.05, 0) is 80.9 Å². The Hall–Kier alpha value is -1.97. The number of methoxy groups -OCH3 is 2. The van der Waals surface area contributed by atoms with E-state index in [4.69, 9.17) is 9.47 Å². The molecule has 0 heterocycles. The molecule has 2 aliphatic carbocycles. The number of hydrogen-bond donors (Lipinski definition) is 1. The SMILES string of the molecule is CCCC(C(=O)O)C(CC=CCC12CCC(CC1)C2)c1cc(OC)ccc1OC. The van der Waals surface area contributed by atoms with Crippen LogP contribution in [0.1, 0.15) is 76.2 Å². The van der Waals surface area contributed by atoms with Crippen molar-refractivity contribution in [1.29, 1.82) is 0 Å². The maximum Gasteiger partial charge on any atom is 0.307 e. The molecule has 2 unspecified atom stereocenters. The molecule has 0 spiro atoms. The first-order valence-electron chi connectivity index (χ1n) is 11.1. The zero-order valence-corrected chi connectivity index (χ0v) is 18.2. The molecule has 160 valence electrons. The highest BCUT2D eigenvalue weighted by atomic mass is 16.5. The van der Waals surface area contributed by atoms with Gasteiger partial charge in [-0.1, -0.05) is 25.5 Å². The van der Waals surface area contributed by atoms with Crippen molar-refractivity contribution in [1.82, 2.24) is 0 Å². The van der Waals surface area contributed by atoms with Gasteiger partial charge in [-0.2, -0.15) is 0 Å². The Kier molecular flexibility index (Phi) is 7.26. The molecule has 2 aliphatic rings. The molecule has 4 nitrogen and oxygen atoms in total. The lowest BCUT2D eigenvalue weighted by Gasteiger charge is -2.26. The van der Waals surface area contributed by atoms with Gasteiger partial charge in [0.1, 0.15) is 11.5 Å². The van der Waals surface area contributed by atoms with Crippen LogP contribution in [0.4, 0.5) is 0 Å². The summed E-state index contributed by atoms with van der Waals surface area (Å²) in [6.07, 6.45) is 14.8. The second-order valence-corrected chi connectivity index (χ2v) is 9.01. The van der Waals surface area contributed by atoms with Crippen LogP contribution < -0.4 is 9.47 Å². The molecule has 0 aromatic heterocycles. The third-order valence-electron chi connectivity index (χ3n) is 7.23. The van der Waals surface area contributed by atoms with Gasteiger partial charge in [0.15, 0.2) is 0 Å². The first-order valence-corrected chi connectivity index (χ1v) is 11.1. The van der Waals surface area contributed by atoms with Crippen LogP contribution in [-0.4, -0.2) is 25.3 Å². The Morgan fingerprint density at radius 3 is 2.55 bits per heavy atom. The molecule has 1 aromatic carbocycles. The minimum absolute atomic E-state index is 0.133. The van der Waals surface area contributed by atoms with Gasteiger partial charge < -0.3 is 14.6 Å². The highest BCUT2D eigenvalue weighted by Gasteiger charge is 2.43. The Balaban J connectivity index is 1.81. The van der Waals surface area contributed by atoms with E-state index in [0.29, 0.717) is 18.3 Å². The summed E-state index contributed by atoms with van der Waals surface area (Å²) in [5.74, 6) is 1.12. The molecule has 2 bridgehead atoms. The number of hydrogen-bond acceptors (Lipinski definition) is 3. The lowest BCUT2D eigenvalue weighted by molar-refractivity contribution is -0.142. The van der Waals surface area contributed by atoms with Gasteiger partial charge in [-0.25, -0.2) is 0 Å². The predicted octanol–water partition coefficient (Wildman–Crippen LogP) is 6.21. The van der Waals surface area contributed by atoms with Crippen LogP contribution in [0.3, 0.4) is 0 Å². The molecule has 3 rings (SSSR count). The van der Waals surface area contributed by atoms with E-state index < -0.39 is 11.9 Å². The van der Waals surface area contributed by atoms with E-state index in [1.807, 2.05) is 25.1 Å². The normalized spacial score (nSPS) is 25.3. The maximum absolute atomic E-state index is 12.1. The Morgan fingerprint density at radius 1 is 1.24 bits per heavy atom. The van der Waals surface area contributed by atoms with Gasteiger partial charge in [-0.3, -0.25) is 4.79 Å². The van der Waals surface area contributed by atoms with Gasteiger partial charge in [0, 0.05) is 11.5 Å². The molecule has 2 fully saturated rings. The fourth-order valence-electron chi connectivity index (χ4n) is 5.62. The van der Waals surface area contributed by atoms with Crippen LogP contribution in [0.15, 0.2) is 30.4 Å². The Labute approximate surface area is 175 Å². The Bertz CT molecular complexity index is 716. The predicted molar refractivity (Wildman–Crippen MR) is 116 cm³/mol. The smallest absolute Gasteiger partial charge is 0.307 e. The van der Waals surface area contributed by atoms with Crippen LogP contribution in [0.5, 0.6) is 11.5 Å². The summed E-state index contributed by atoms with van der Waals surface area (Å²) in [7, 11) is 3.28. The number of carbonyl (C=O) groups is 1. The van der Waals surface area contributed by atoms with E-state index >= 15 is 0 Å². The molecular weight excluding hydrogens is 364 g/mol. The number of carboxylic acids is 1. The molecule has 0 saturated heterocycles. The molecule has 2 saturated carbocycles. The van der Waals surface area contributed by atoms with Crippen molar-refractivity contribution in [2.45, 2.75) is 70.6 Å². The third kappa shape index (κ3) is 4.96. The summed E-state index contributed by atoms with van der Waals surface area (Å²) in [6, 6.07) is 5.69. The average Bonchev–Trinajstić information content (AvgIpc) is 3.33. The number of fused-ring (bicyclic) bond motifs is 2. The summed E-state index contributed by atoms with van der Waals surface area (Å²) < 4.78 is 11.0. The minimum atomic E-state index is -0.733. The highest BCUT2D eigenvalue weighted by Crippen LogP contribution is 2.56. The second-order valence-electron chi connectivity index (χ2n) is 9.01. The van der Waals surface area contributed by atoms with E-state index in [1.165, 1.54) is 32.1 Å². The van der Waals surface area contributed by atoms with Gasteiger partial charge in [0.2, 0.25) is 0 Å². The van der Waals surface area contributed by atoms with E-state index in [1.54, 1.807) is 14.2 Å². The minimum Gasteiger partial charge on any atom is -0.497 e. The maximum atomic E-state index is 12.1. The summed E-state index contributed by atoms with van der Waals surface area (Å²) in [5, 5.41) is 9.94. The molecule has 4 heteroatoms. The summed E-state index contributed by atoms with van der Waals surface area (Å²) in [5.41, 5.74) is 1.46. The Morgan fingerprint density at radius 2 is 2.00 bits per heavy atom. The topological polar surface area (TPSA) is 55.8 Å².